The van der Waals surface area contributed by atoms with Crippen LogP contribution >= 0.6 is 0 Å². The number of hydrogen-bond donors (Lipinski definition) is 0. The SMILES string of the molecule is COc1ccccc1Oc1cc(N2CCN(C(=O)CC(C)C)C(C)C2)ncn1. The van der Waals surface area contributed by atoms with Gasteiger partial charge in [0.25, 0.3) is 0 Å². The number of aromatic nitrogens is 2. The van der Waals surface area contributed by atoms with Crippen LogP contribution in [0.5, 0.6) is 17.4 Å². The van der Waals surface area contributed by atoms with Gasteiger partial charge in [0.2, 0.25) is 11.8 Å². The van der Waals surface area contributed by atoms with E-state index in [4.69, 9.17) is 9.47 Å². The van der Waals surface area contributed by atoms with Crippen molar-refractivity contribution in [2.75, 3.05) is 31.6 Å². The number of rotatable bonds is 6. The van der Waals surface area contributed by atoms with Crippen LogP contribution in [0, 0.1) is 5.92 Å². The fourth-order valence-corrected chi connectivity index (χ4v) is 3.38. The number of anilines is 1. The average molecular weight is 384 g/mol. The number of hydrogen-bond acceptors (Lipinski definition) is 6. The van der Waals surface area contributed by atoms with Crippen LogP contribution in [0.3, 0.4) is 0 Å². The standard InChI is InChI=1S/C21H28N4O3/c1-15(2)11-21(26)25-10-9-24(13-16(25)3)19-12-20(23-14-22-19)28-18-8-6-5-7-17(18)27-4/h5-8,12,14-16H,9-11,13H2,1-4H3. The molecule has 0 bridgehead atoms. The second-order valence-corrected chi connectivity index (χ2v) is 7.45. The molecule has 0 aliphatic carbocycles. The maximum Gasteiger partial charge on any atom is 0.224 e. The predicted octanol–water partition coefficient (Wildman–Crippen LogP) is 3.36. The van der Waals surface area contributed by atoms with E-state index in [2.05, 4.69) is 35.6 Å². The third-order valence-electron chi connectivity index (χ3n) is 4.77. The minimum atomic E-state index is 0.133. The number of carbonyl (C=O) groups is 1. The van der Waals surface area contributed by atoms with Crippen molar-refractivity contribution in [2.24, 2.45) is 5.92 Å². The molecule has 7 heteroatoms. The Kier molecular flexibility index (Phi) is 6.34. The zero-order valence-corrected chi connectivity index (χ0v) is 17.0. The highest BCUT2D eigenvalue weighted by Gasteiger charge is 2.28. The number of ether oxygens (including phenoxy) is 2. The lowest BCUT2D eigenvalue weighted by Crippen LogP contribution is -2.54. The van der Waals surface area contributed by atoms with Crippen LogP contribution in [0.15, 0.2) is 36.7 Å². The summed E-state index contributed by atoms with van der Waals surface area (Å²) in [6, 6.07) is 9.40. The van der Waals surface area contributed by atoms with Crippen molar-refractivity contribution in [3.8, 4) is 17.4 Å². The average Bonchev–Trinajstić information content (AvgIpc) is 2.68. The lowest BCUT2D eigenvalue weighted by Gasteiger charge is -2.40. The highest BCUT2D eigenvalue weighted by Crippen LogP contribution is 2.31. The Hall–Kier alpha value is -2.83. The summed E-state index contributed by atoms with van der Waals surface area (Å²) in [5, 5.41) is 0. The van der Waals surface area contributed by atoms with E-state index in [1.54, 1.807) is 7.11 Å². The molecule has 1 aliphatic rings. The Labute approximate surface area is 166 Å². The topological polar surface area (TPSA) is 67.8 Å². The molecule has 1 saturated heterocycles. The van der Waals surface area contributed by atoms with Crippen molar-refractivity contribution >= 4 is 11.7 Å². The minimum absolute atomic E-state index is 0.133. The molecule has 3 rings (SSSR count). The van der Waals surface area contributed by atoms with E-state index in [1.807, 2.05) is 35.2 Å². The Bertz CT molecular complexity index is 812. The van der Waals surface area contributed by atoms with Crippen molar-refractivity contribution in [1.82, 2.24) is 14.9 Å². The van der Waals surface area contributed by atoms with Gasteiger partial charge >= 0.3 is 0 Å². The molecule has 0 radical (unpaired) electrons. The molecule has 0 saturated carbocycles. The van der Waals surface area contributed by atoms with Crippen molar-refractivity contribution in [3.05, 3.63) is 36.7 Å². The van der Waals surface area contributed by atoms with Gasteiger partial charge in [0.15, 0.2) is 11.5 Å². The number of amides is 1. The summed E-state index contributed by atoms with van der Waals surface area (Å²) in [6.45, 7) is 8.39. The normalized spacial score (nSPS) is 17.0. The number of para-hydroxylation sites is 2. The molecule has 150 valence electrons. The maximum absolute atomic E-state index is 12.4. The number of benzene rings is 1. The molecule has 7 nitrogen and oxygen atoms in total. The van der Waals surface area contributed by atoms with E-state index in [-0.39, 0.29) is 11.9 Å². The molecule has 1 aromatic carbocycles. The smallest absolute Gasteiger partial charge is 0.224 e. The van der Waals surface area contributed by atoms with Crippen LogP contribution < -0.4 is 14.4 Å². The number of carbonyl (C=O) groups excluding carboxylic acids is 1. The Morgan fingerprint density at radius 3 is 2.64 bits per heavy atom. The van der Waals surface area contributed by atoms with Gasteiger partial charge in [-0.15, -0.1) is 0 Å². The largest absolute Gasteiger partial charge is 0.493 e. The second-order valence-electron chi connectivity index (χ2n) is 7.45. The summed E-state index contributed by atoms with van der Waals surface area (Å²) >= 11 is 0. The van der Waals surface area contributed by atoms with E-state index in [9.17, 15) is 4.79 Å². The van der Waals surface area contributed by atoms with E-state index < -0.39 is 0 Å². The molecular formula is C21H28N4O3. The Morgan fingerprint density at radius 1 is 1.21 bits per heavy atom. The Morgan fingerprint density at radius 2 is 1.96 bits per heavy atom. The lowest BCUT2D eigenvalue weighted by molar-refractivity contribution is -0.134. The first kappa shape index (κ1) is 19.9. The molecule has 1 unspecified atom stereocenters. The first-order chi connectivity index (χ1) is 13.5. The molecule has 1 fully saturated rings. The molecule has 2 heterocycles. The van der Waals surface area contributed by atoms with Crippen LogP contribution in [0.25, 0.3) is 0 Å². The predicted molar refractivity (Wildman–Crippen MR) is 108 cm³/mol. The van der Waals surface area contributed by atoms with Crippen molar-refractivity contribution in [3.63, 3.8) is 0 Å². The van der Waals surface area contributed by atoms with E-state index in [0.717, 1.165) is 18.9 Å². The number of piperazine rings is 1. The highest BCUT2D eigenvalue weighted by atomic mass is 16.5. The van der Waals surface area contributed by atoms with Gasteiger partial charge in [0.05, 0.1) is 7.11 Å². The van der Waals surface area contributed by atoms with Gasteiger partial charge in [-0.3, -0.25) is 4.79 Å². The van der Waals surface area contributed by atoms with E-state index >= 15 is 0 Å². The van der Waals surface area contributed by atoms with Gasteiger partial charge in [0.1, 0.15) is 12.1 Å². The van der Waals surface area contributed by atoms with E-state index in [1.165, 1.54) is 6.33 Å². The monoisotopic (exact) mass is 384 g/mol. The van der Waals surface area contributed by atoms with Gasteiger partial charge in [-0.25, -0.2) is 9.97 Å². The zero-order valence-electron chi connectivity index (χ0n) is 17.0. The van der Waals surface area contributed by atoms with Gasteiger partial charge in [-0.2, -0.15) is 0 Å². The summed E-state index contributed by atoms with van der Waals surface area (Å²) in [6.07, 6.45) is 2.09. The minimum Gasteiger partial charge on any atom is -0.493 e. The molecule has 1 amide bonds. The fraction of sp³-hybridized carbons (Fsp3) is 0.476. The van der Waals surface area contributed by atoms with Gasteiger partial charge in [0, 0.05) is 38.2 Å². The molecule has 0 spiro atoms. The summed E-state index contributed by atoms with van der Waals surface area (Å²) in [7, 11) is 1.61. The van der Waals surface area contributed by atoms with Crippen LogP contribution in [0.4, 0.5) is 5.82 Å². The van der Waals surface area contributed by atoms with Crippen LogP contribution in [0.1, 0.15) is 27.2 Å². The van der Waals surface area contributed by atoms with Crippen LogP contribution in [0.2, 0.25) is 0 Å². The third-order valence-corrected chi connectivity index (χ3v) is 4.77. The number of methoxy groups -OCH3 is 1. The molecule has 2 aromatic rings. The molecule has 28 heavy (non-hydrogen) atoms. The molecule has 1 aromatic heterocycles. The highest BCUT2D eigenvalue weighted by molar-refractivity contribution is 5.77. The van der Waals surface area contributed by atoms with Crippen LogP contribution in [-0.4, -0.2) is 53.6 Å². The summed E-state index contributed by atoms with van der Waals surface area (Å²) < 4.78 is 11.2. The fourth-order valence-electron chi connectivity index (χ4n) is 3.38. The molecule has 1 aliphatic heterocycles. The van der Waals surface area contributed by atoms with Crippen molar-refractivity contribution in [1.29, 1.82) is 0 Å². The molecule has 1 atom stereocenters. The van der Waals surface area contributed by atoms with Crippen molar-refractivity contribution < 1.29 is 14.3 Å². The Balaban J connectivity index is 1.68. The quantitative estimate of drug-likeness (QED) is 0.761. The van der Waals surface area contributed by atoms with Gasteiger partial charge in [-0.1, -0.05) is 26.0 Å². The lowest BCUT2D eigenvalue weighted by atomic mass is 10.1. The third kappa shape index (κ3) is 4.71. The molecule has 0 N–H and O–H groups in total. The zero-order chi connectivity index (χ0) is 20.1. The number of nitrogens with zero attached hydrogens (tertiary/aromatic N) is 4. The summed E-state index contributed by atoms with van der Waals surface area (Å²) in [5.74, 6) is 3.10. The van der Waals surface area contributed by atoms with Crippen LogP contribution in [-0.2, 0) is 4.79 Å². The first-order valence-corrected chi connectivity index (χ1v) is 9.65. The first-order valence-electron chi connectivity index (χ1n) is 9.65. The van der Waals surface area contributed by atoms with Gasteiger partial charge in [-0.05, 0) is 25.0 Å². The van der Waals surface area contributed by atoms with Crippen molar-refractivity contribution in [2.45, 2.75) is 33.2 Å². The summed E-state index contributed by atoms with van der Waals surface area (Å²) in [4.78, 5) is 25.2. The molecular weight excluding hydrogens is 356 g/mol. The van der Waals surface area contributed by atoms with Gasteiger partial charge < -0.3 is 19.3 Å². The maximum atomic E-state index is 12.4. The second kappa shape index (κ2) is 8.91. The summed E-state index contributed by atoms with van der Waals surface area (Å²) in [5.41, 5.74) is 0. The van der Waals surface area contributed by atoms with E-state index in [0.29, 0.717) is 36.3 Å².